The van der Waals surface area contributed by atoms with Crippen LogP contribution in [0.3, 0.4) is 0 Å². The molecule has 0 saturated heterocycles. The van der Waals surface area contributed by atoms with Crippen LogP contribution in [-0.2, 0) is 18.4 Å². The molecule has 3 rings (SSSR count). The van der Waals surface area contributed by atoms with E-state index in [1.165, 1.54) is 25.2 Å². The Morgan fingerprint density at radius 2 is 1.92 bits per heavy atom. The molecule has 0 spiro atoms. The molecule has 0 aliphatic carbocycles. The molecule has 3 aromatic rings. The van der Waals surface area contributed by atoms with Crippen LogP contribution in [-0.4, -0.2) is 20.7 Å². The van der Waals surface area contributed by atoms with E-state index in [2.05, 4.69) is 5.10 Å². The number of aromatic nitrogens is 2. The van der Waals surface area contributed by atoms with Crippen LogP contribution in [0.25, 0.3) is 10.8 Å². The van der Waals surface area contributed by atoms with Gasteiger partial charge in [0.2, 0.25) is 0 Å². The van der Waals surface area contributed by atoms with Gasteiger partial charge in [0, 0.05) is 24.6 Å². The monoisotopic (exact) mass is 339 g/mol. The third-order valence-corrected chi connectivity index (χ3v) is 3.64. The number of fused-ring (bicyclic) bond motifs is 1. The van der Waals surface area contributed by atoms with Crippen molar-refractivity contribution >= 4 is 22.4 Å². The lowest BCUT2D eigenvalue weighted by Gasteiger charge is -2.08. The van der Waals surface area contributed by atoms with E-state index in [4.69, 9.17) is 4.74 Å². The Labute approximate surface area is 141 Å². The summed E-state index contributed by atoms with van der Waals surface area (Å²) in [4.78, 5) is 34.7. The molecule has 0 saturated carbocycles. The van der Waals surface area contributed by atoms with E-state index in [-0.39, 0.29) is 23.5 Å². The Kier molecular flexibility index (Phi) is 4.25. The van der Waals surface area contributed by atoms with Crippen molar-refractivity contribution in [2.24, 2.45) is 7.05 Å². The van der Waals surface area contributed by atoms with Crippen molar-refractivity contribution in [3.05, 3.63) is 80.3 Å². The van der Waals surface area contributed by atoms with Gasteiger partial charge in [0.15, 0.2) is 5.69 Å². The number of non-ortho nitro benzene ring substituents is 1. The molecule has 0 unspecified atom stereocenters. The maximum Gasteiger partial charge on any atom is 0.359 e. The zero-order valence-corrected chi connectivity index (χ0v) is 13.2. The first-order valence-corrected chi connectivity index (χ1v) is 7.34. The molecule has 25 heavy (non-hydrogen) atoms. The average molecular weight is 339 g/mol. The summed E-state index contributed by atoms with van der Waals surface area (Å²) >= 11 is 0. The third-order valence-electron chi connectivity index (χ3n) is 3.64. The van der Waals surface area contributed by atoms with E-state index in [9.17, 15) is 19.7 Å². The molecule has 1 aromatic heterocycles. The number of hydrogen-bond donors (Lipinski definition) is 0. The molecule has 1 heterocycles. The fraction of sp³-hybridized carbons (Fsp3) is 0.118. The van der Waals surface area contributed by atoms with Gasteiger partial charge in [0.25, 0.3) is 11.2 Å². The second-order valence-corrected chi connectivity index (χ2v) is 5.33. The number of nitro groups is 1. The quantitative estimate of drug-likeness (QED) is 0.410. The maximum absolute atomic E-state index is 12.4. The van der Waals surface area contributed by atoms with E-state index in [0.717, 1.165) is 4.68 Å². The molecule has 8 nitrogen and oxygen atoms in total. The van der Waals surface area contributed by atoms with Crippen LogP contribution < -0.4 is 5.56 Å². The van der Waals surface area contributed by atoms with Crippen molar-refractivity contribution in [2.75, 3.05) is 0 Å². The Morgan fingerprint density at radius 1 is 1.20 bits per heavy atom. The first-order valence-electron chi connectivity index (χ1n) is 7.34. The molecular weight excluding hydrogens is 326 g/mol. The number of rotatable bonds is 4. The van der Waals surface area contributed by atoms with E-state index < -0.39 is 10.9 Å². The predicted octanol–water partition coefficient (Wildman–Crippen LogP) is 2.20. The summed E-state index contributed by atoms with van der Waals surface area (Å²) in [5.74, 6) is -0.710. The Hall–Kier alpha value is -3.55. The number of esters is 1. The van der Waals surface area contributed by atoms with Crippen LogP contribution >= 0.6 is 0 Å². The van der Waals surface area contributed by atoms with Gasteiger partial charge < -0.3 is 4.74 Å². The van der Waals surface area contributed by atoms with Crippen LogP contribution in [0.2, 0.25) is 0 Å². The van der Waals surface area contributed by atoms with Gasteiger partial charge in [-0.3, -0.25) is 14.9 Å². The summed E-state index contributed by atoms with van der Waals surface area (Å²) in [6.45, 7) is -0.140. The number of benzene rings is 2. The Bertz CT molecular complexity index is 1040. The number of nitrogens with zero attached hydrogens (tertiary/aromatic N) is 3. The van der Waals surface area contributed by atoms with Crippen LogP contribution in [0.1, 0.15) is 16.1 Å². The Morgan fingerprint density at radius 3 is 2.64 bits per heavy atom. The molecule has 126 valence electrons. The second kappa shape index (κ2) is 6.52. The van der Waals surface area contributed by atoms with Crippen molar-refractivity contribution in [3.63, 3.8) is 0 Å². The maximum atomic E-state index is 12.4. The molecule has 0 radical (unpaired) electrons. The molecule has 0 N–H and O–H groups in total. The normalized spacial score (nSPS) is 10.6. The number of carbonyl (C=O) groups is 1. The molecule has 0 aliphatic rings. The third kappa shape index (κ3) is 3.23. The van der Waals surface area contributed by atoms with E-state index in [1.54, 1.807) is 30.3 Å². The summed E-state index contributed by atoms with van der Waals surface area (Å²) in [6.07, 6.45) is 0. The number of aryl methyl sites for hydroxylation is 1. The SMILES string of the molecule is Cn1nc(C(=O)OCc2cccc([N+](=O)[O-])c2)c2ccccc2c1=O. The molecular formula is C17H13N3O5. The second-order valence-electron chi connectivity index (χ2n) is 5.33. The summed E-state index contributed by atoms with van der Waals surface area (Å²) in [5, 5.41) is 15.5. The molecule has 0 atom stereocenters. The van der Waals surface area contributed by atoms with Gasteiger partial charge in [0.05, 0.1) is 10.3 Å². The number of ether oxygens (including phenoxy) is 1. The first kappa shape index (κ1) is 16.3. The van der Waals surface area contributed by atoms with E-state index in [0.29, 0.717) is 16.3 Å². The van der Waals surface area contributed by atoms with Crippen molar-refractivity contribution in [1.29, 1.82) is 0 Å². The fourth-order valence-corrected chi connectivity index (χ4v) is 2.43. The minimum absolute atomic E-state index is 0.0168. The highest BCUT2D eigenvalue weighted by molar-refractivity contribution is 6.02. The van der Waals surface area contributed by atoms with Crippen LogP contribution in [0.5, 0.6) is 0 Å². The summed E-state index contributed by atoms with van der Waals surface area (Å²) in [6, 6.07) is 12.4. The van der Waals surface area contributed by atoms with Gasteiger partial charge in [-0.1, -0.05) is 30.3 Å². The van der Waals surface area contributed by atoms with Crippen LogP contribution in [0.4, 0.5) is 5.69 Å². The summed E-state index contributed by atoms with van der Waals surface area (Å²) < 4.78 is 6.29. The van der Waals surface area contributed by atoms with Crippen LogP contribution in [0, 0.1) is 10.1 Å². The smallest absolute Gasteiger partial charge is 0.359 e. The highest BCUT2D eigenvalue weighted by Gasteiger charge is 2.17. The fourth-order valence-electron chi connectivity index (χ4n) is 2.43. The highest BCUT2D eigenvalue weighted by atomic mass is 16.6. The standard InChI is InChI=1S/C17H13N3O5/c1-19-16(21)14-8-3-2-7-13(14)15(18-19)17(22)25-10-11-5-4-6-12(9-11)20(23)24/h2-9H,10H2,1H3. The van der Waals surface area contributed by atoms with Gasteiger partial charge in [-0.05, 0) is 11.6 Å². The lowest BCUT2D eigenvalue weighted by atomic mass is 10.1. The first-order chi connectivity index (χ1) is 12.0. The molecule has 2 aromatic carbocycles. The van der Waals surface area contributed by atoms with Gasteiger partial charge >= 0.3 is 5.97 Å². The lowest BCUT2D eigenvalue weighted by Crippen LogP contribution is -2.23. The van der Waals surface area contributed by atoms with Gasteiger partial charge in [0.1, 0.15) is 6.61 Å². The van der Waals surface area contributed by atoms with Gasteiger partial charge in [-0.25, -0.2) is 9.48 Å². The number of nitro benzene ring substituents is 1. The topological polar surface area (TPSA) is 104 Å². The van der Waals surface area contributed by atoms with Crippen molar-refractivity contribution < 1.29 is 14.5 Å². The molecule has 0 amide bonds. The minimum atomic E-state index is -0.710. The average Bonchev–Trinajstić information content (AvgIpc) is 2.63. The van der Waals surface area contributed by atoms with Gasteiger partial charge in [-0.2, -0.15) is 5.10 Å². The zero-order chi connectivity index (χ0) is 18.0. The van der Waals surface area contributed by atoms with Crippen molar-refractivity contribution in [3.8, 4) is 0 Å². The summed E-state index contributed by atoms with van der Waals surface area (Å²) in [7, 11) is 1.45. The molecule has 0 aliphatic heterocycles. The van der Waals surface area contributed by atoms with Crippen molar-refractivity contribution in [2.45, 2.75) is 6.61 Å². The predicted molar refractivity (Wildman–Crippen MR) is 89.2 cm³/mol. The largest absolute Gasteiger partial charge is 0.456 e. The van der Waals surface area contributed by atoms with E-state index >= 15 is 0 Å². The van der Waals surface area contributed by atoms with Crippen molar-refractivity contribution in [1.82, 2.24) is 9.78 Å². The minimum Gasteiger partial charge on any atom is -0.456 e. The van der Waals surface area contributed by atoms with E-state index in [1.807, 2.05) is 0 Å². The summed E-state index contributed by atoms with van der Waals surface area (Å²) in [5.41, 5.74) is 0.102. The highest BCUT2D eigenvalue weighted by Crippen LogP contribution is 2.17. The van der Waals surface area contributed by atoms with Gasteiger partial charge in [-0.15, -0.1) is 0 Å². The lowest BCUT2D eigenvalue weighted by molar-refractivity contribution is -0.384. The molecule has 8 heteroatoms. The zero-order valence-electron chi connectivity index (χ0n) is 13.2. The van der Waals surface area contributed by atoms with Crippen LogP contribution in [0.15, 0.2) is 53.3 Å². The molecule has 0 fully saturated rings. The molecule has 0 bridgehead atoms. The number of carbonyl (C=O) groups excluding carboxylic acids is 1. The number of hydrogen-bond acceptors (Lipinski definition) is 6. The Balaban J connectivity index is 1.88.